The molecule has 8 nitrogen and oxygen atoms in total. The minimum atomic E-state index is -0.505. The van der Waals surface area contributed by atoms with Crippen LogP contribution in [0.5, 0.6) is 0 Å². The summed E-state index contributed by atoms with van der Waals surface area (Å²) in [4.78, 5) is 29.2. The summed E-state index contributed by atoms with van der Waals surface area (Å²) < 4.78 is 1.32. The van der Waals surface area contributed by atoms with Crippen molar-refractivity contribution in [1.29, 1.82) is 0 Å². The quantitative estimate of drug-likeness (QED) is 0.636. The summed E-state index contributed by atoms with van der Waals surface area (Å²) in [5.74, 6) is 0.700. The Kier molecular flexibility index (Phi) is 4.28. The van der Waals surface area contributed by atoms with E-state index in [-0.39, 0.29) is 17.3 Å². The van der Waals surface area contributed by atoms with Crippen molar-refractivity contribution in [2.45, 2.75) is 20.3 Å². The predicted octanol–water partition coefficient (Wildman–Crippen LogP) is 2.29. The Morgan fingerprint density at radius 1 is 1.29 bits per heavy atom. The molecule has 1 aromatic carbocycles. The Morgan fingerprint density at radius 2 is 2.00 bits per heavy atom. The molecule has 1 fully saturated rings. The number of likely N-dealkylation sites (tertiary alicyclic amines) is 1. The third kappa shape index (κ3) is 3.12. The third-order valence-electron chi connectivity index (χ3n) is 4.24. The highest BCUT2D eigenvalue weighted by molar-refractivity contribution is 5.95. The maximum absolute atomic E-state index is 12.7. The summed E-state index contributed by atoms with van der Waals surface area (Å²) in [6.45, 7) is 5.60. The zero-order valence-electron chi connectivity index (χ0n) is 13.6. The van der Waals surface area contributed by atoms with E-state index in [0.29, 0.717) is 30.5 Å². The van der Waals surface area contributed by atoms with Gasteiger partial charge in [-0.15, -0.1) is 0 Å². The maximum Gasteiger partial charge on any atom is 0.295 e. The number of nitrogens with zero attached hydrogens (tertiary/aromatic N) is 5. The van der Waals surface area contributed by atoms with Gasteiger partial charge in [-0.05, 0) is 30.4 Å². The summed E-state index contributed by atoms with van der Waals surface area (Å²) in [5.41, 5.74) is 0.450. The van der Waals surface area contributed by atoms with Gasteiger partial charge in [0, 0.05) is 24.7 Å². The average Bonchev–Trinajstić information content (AvgIpc) is 3.07. The number of benzene rings is 1. The molecule has 1 aliphatic rings. The van der Waals surface area contributed by atoms with E-state index < -0.39 is 4.92 Å². The van der Waals surface area contributed by atoms with Crippen LogP contribution in [0.25, 0.3) is 5.69 Å². The lowest BCUT2D eigenvalue weighted by Gasteiger charge is -2.35. The molecule has 2 atom stereocenters. The molecule has 0 spiro atoms. The van der Waals surface area contributed by atoms with Crippen LogP contribution in [0.1, 0.15) is 30.6 Å². The van der Waals surface area contributed by atoms with Gasteiger partial charge >= 0.3 is 0 Å². The molecule has 2 unspecified atom stereocenters. The van der Waals surface area contributed by atoms with Crippen LogP contribution in [0, 0.1) is 22.0 Å². The maximum atomic E-state index is 12.7. The van der Waals surface area contributed by atoms with Crippen molar-refractivity contribution in [2.24, 2.45) is 11.8 Å². The number of amides is 1. The van der Waals surface area contributed by atoms with Crippen molar-refractivity contribution < 1.29 is 9.72 Å². The van der Waals surface area contributed by atoms with E-state index in [2.05, 4.69) is 23.9 Å². The number of piperidine rings is 1. The topological polar surface area (TPSA) is 94.2 Å². The van der Waals surface area contributed by atoms with Crippen LogP contribution in [0.15, 0.2) is 30.9 Å². The number of carbonyl (C=O) groups excluding carboxylic acids is 1. The minimum Gasteiger partial charge on any atom is -0.338 e. The van der Waals surface area contributed by atoms with E-state index in [9.17, 15) is 14.9 Å². The Morgan fingerprint density at radius 3 is 2.58 bits per heavy atom. The molecule has 0 saturated carbocycles. The van der Waals surface area contributed by atoms with Gasteiger partial charge in [0.2, 0.25) is 0 Å². The first-order chi connectivity index (χ1) is 11.5. The molecule has 24 heavy (non-hydrogen) atoms. The van der Waals surface area contributed by atoms with Crippen molar-refractivity contribution in [1.82, 2.24) is 19.7 Å². The first-order valence-electron chi connectivity index (χ1n) is 7.88. The molecule has 0 N–H and O–H groups in total. The molecule has 1 aromatic heterocycles. The Bertz CT molecular complexity index is 749. The van der Waals surface area contributed by atoms with Gasteiger partial charge < -0.3 is 4.90 Å². The summed E-state index contributed by atoms with van der Waals surface area (Å²) in [6.07, 6.45) is 3.78. The van der Waals surface area contributed by atoms with Gasteiger partial charge in [-0.1, -0.05) is 13.8 Å². The second-order valence-corrected chi connectivity index (χ2v) is 6.46. The van der Waals surface area contributed by atoms with Crippen LogP contribution < -0.4 is 0 Å². The third-order valence-corrected chi connectivity index (χ3v) is 4.24. The molecule has 0 radical (unpaired) electrons. The number of rotatable bonds is 3. The lowest BCUT2D eigenvalue weighted by molar-refractivity contribution is -0.384. The summed E-state index contributed by atoms with van der Waals surface area (Å²) in [5, 5.41) is 15.3. The van der Waals surface area contributed by atoms with Gasteiger partial charge in [0.05, 0.1) is 4.92 Å². The van der Waals surface area contributed by atoms with Gasteiger partial charge in [-0.25, -0.2) is 9.67 Å². The smallest absolute Gasteiger partial charge is 0.295 e. The van der Waals surface area contributed by atoms with E-state index in [4.69, 9.17) is 0 Å². The molecule has 0 aliphatic carbocycles. The normalized spacial score (nSPS) is 20.8. The average molecular weight is 329 g/mol. The number of nitro benzene ring substituents is 1. The zero-order chi connectivity index (χ0) is 17.3. The van der Waals surface area contributed by atoms with Gasteiger partial charge in [-0.2, -0.15) is 5.10 Å². The van der Waals surface area contributed by atoms with Crippen molar-refractivity contribution in [2.75, 3.05) is 13.1 Å². The number of carbonyl (C=O) groups is 1. The monoisotopic (exact) mass is 329 g/mol. The first-order valence-corrected chi connectivity index (χ1v) is 7.88. The lowest BCUT2D eigenvalue weighted by Crippen LogP contribution is -2.42. The lowest BCUT2D eigenvalue weighted by atomic mass is 9.91. The van der Waals surface area contributed by atoms with Crippen molar-refractivity contribution >= 4 is 11.6 Å². The highest BCUT2D eigenvalue weighted by atomic mass is 16.6. The standard InChI is InChI=1S/C16H19N5O3/c1-11-5-12(2)8-19(7-11)16(22)13-3-4-14(15(6-13)21(23)24)20-10-17-9-18-20/h3-4,6,9-12H,5,7-8H2,1-2H3. The van der Waals surface area contributed by atoms with Crippen molar-refractivity contribution in [3.05, 3.63) is 46.5 Å². The number of aromatic nitrogens is 3. The van der Waals surface area contributed by atoms with Crippen LogP contribution in [-0.4, -0.2) is 43.6 Å². The molecule has 3 rings (SSSR count). The highest BCUT2D eigenvalue weighted by Crippen LogP contribution is 2.26. The fourth-order valence-corrected chi connectivity index (χ4v) is 3.34. The number of hydrogen-bond acceptors (Lipinski definition) is 5. The van der Waals surface area contributed by atoms with Gasteiger partial charge in [-0.3, -0.25) is 14.9 Å². The van der Waals surface area contributed by atoms with Crippen LogP contribution >= 0.6 is 0 Å². The summed E-state index contributed by atoms with van der Waals surface area (Å²) >= 11 is 0. The Balaban J connectivity index is 1.93. The second-order valence-electron chi connectivity index (χ2n) is 6.46. The van der Waals surface area contributed by atoms with Gasteiger partial charge in [0.25, 0.3) is 11.6 Å². The minimum absolute atomic E-state index is 0.163. The van der Waals surface area contributed by atoms with E-state index in [1.54, 1.807) is 11.0 Å². The fraction of sp³-hybridized carbons (Fsp3) is 0.438. The molecule has 8 heteroatoms. The SMILES string of the molecule is CC1CC(C)CN(C(=O)c2ccc(-n3cncn3)c([N+](=O)[O-])c2)C1. The van der Waals surface area contributed by atoms with Gasteiger partial charge in [0.1, 0.15) is 18.3 Å². The van der Waals surface area contributed by atoms with E-state index >= 15 is 0 Å². The van der Waals surface area contributed by atoms with Crippen LogP contribution in [0.4, 0.5) is 5.69 Å². The summed E-state index contributed by atoms with van der Waals surface area (Å²) in [7, 11) is 0. The predicted molar refractivity (Wildman–Crippen MR) is 86.9 cm³/mol. The first kappa shape index (κ1) is 16.1. The number of nitro groups is 1. The Hall–Kier alpha value is -2.77. The van der Waals surface area contributed by atoms with Crippen molar-refractivity contribution in [3.63, 3.8) is 0 Å². The molecule has 2 aromatic rings. The van der Waals surface area contributed by atoms with Crippen LogP contribution in [0.2, 0.25) is 0 Å². The highest BCUT2D eigenvalue weighted by Gasteiger charge is 2.28. The van der Waals surface area contributed by atoms with E-state index in [1.807, 2.05) is 0 Å². The second kappa shape index (κ2) is 6.38. The van der Waals surface area contributed by atoms with Crippen LogP contribution in [-0.2, 0) is 0 Å². The zero-order valence-corrected chi connectivity index (χ0v) is 13.6. The fourth-order valence-electron chi connectivity index (χ4n) is 3.34. The van der Waals surface area contributed by atoms with Crippen LogP contribution in [0.3, 0.4) is 0 Å². The van der Waals surface area contributed by atoms with Crippen molar-refractivity contribution in [3.8, 4) is 5.69 Å². The summed E-state index contributed by atoms with van der Waals surface area (Å²) in [6, 6.07) is 4.47. The van der Waals surface area contributed by atoms with E-state index in [0.717, 1.165) is 6.42 Å². The number of hydrogen-bond donors (Lipinski definition) is 0. The molecule has 1 aliphatic heterocycles. The molecule has 2 heterocycles. The largest absolute Gasteiger partial charge is 0.338 e. The molecular weight excluding hydrogens is 310 g/mol. The van der Waals surface area contributed by atoms with Gasteiger partial charge in [0.15, 0.2) is 0 Å². The Labute approximate surface area is 139 Å². The molecule has 0 bridgehead atoms. The van der Waals surface area contributed by atoms with E-state index in [1.165, 1.54) is 29.5 Å². The molecular formula is C16H19N5O3. The molecule has 126 valence electrons. The molecule has 1 saturated heterocycles. The molecule has 1 amide bonds.